The zero-order valence-electron chi connectivity index (χ0n) is 22.1. The zero-order valence-corrected chi connectivity index (χ0v) is 22.1. The van der Waals surface area contributed by atoms with E-state index in [-0.39, 0.29) is 0 Å². The third kappa shape index (κ3) is 7.11. The normalized spacial score (nSPS) is 12.7. The molecule has 0 saturated heterocycles. The van der Waals surface area contributed by atoms with E-state index < -0.39 is 0 Å². The Morgan fingerprint density at radius 1 is 0.576 bits per heavy atom. The molecule has 3 aromatic rings. The Morgan fingerprint density at radius 3 is 1.42 bits per heavy atom. The van der Waals surface area contributed by atoms with Gasteiger partial charge in [-0.3, -0.25) is 0 Å². The molecule has 1 heterocycles. The number of aromatic nitrogens is 1. The molecule has 33 heavy (non-hydrogen) atoms. The van der Waals surface area contributed by atoms with Crippen LogP contribution in [0.25, 0.3) is 21.8 Å². The van der Waals surface area contributed by atoms with Gasteiger partial charge in [-0.1, -0.05) is 97.1 Å². The molecule has 0 aliphatic carbocycles. The second-order valence-corrected chi connectivity index (χ2v) is 10.4. The molecule has 0 N–H and O–H groups in total. The summed E-state index contributed by atoms with van der Waals surface area (Å²) in [5.74, 6) is 0. The predicted molar refractivity (Wildman–Crippen MR) is 149 cm³/mol. The van der Waals surface area contributed by atoms with Gasteiger partial charge in [0.15, 0.2) is 0 Å². The third-order valence-corrected chi connectivity index (χ3v) is 7.60. The summed E-state index contributed by atoms with van der Waals surface area (Å²) >= 11 is 0. The Hall–Kier alpha value is -1.76. The van der Waals surface area contributed by atoms with E-state index in [1.165, 1.54) is 123 Å². The summed E-state index contributed by atoms with van der Waals surface area (Å²) < 4.78 is 2.59. The average molecular weight is 448 g/mol. The predicted octanol–water partition coefficient (Wildman–Crippen LogP) is 10.6. The summed E-state index contributed by atoms with van der Waals surface area (Å²) in [6, 6.07) is 15.1. The standard InChI is InChI=1S/C32H49N/c1-5-8-10-12-14-16-18-27-20-22-31-29(24-27)30-25-28(19-17-15-13-11-9-6-2)21-23-32(30)33(31)26(4)7-3/h20-26H,5-19H2,1-4H3. The van der Waals surface area contributed by atoms with Crippen molar-refractivity contribution < 1.29 is 0 Å². The SMILES string of the molecule is CCCCCCCCc1ccc2c(c1)c1cc(CCCCCCCC)ccc1n2C(C)CC. The van der Waals surface area contributed by atoms with E-state index in [1.807, 2.05) is 0 Å². The van der Waals surface area contributed by atoms with Crippen LogP contribution in [0.3, 0.4) is 0 Å². The number of aryl methyl sites for hydroxylation is 2. The van der Waals surface area contributed by atoms with Crippen molar-refractivity contribution in [2.45, 2.75) is 130 Å². The van der Waals surface area contributed by atoms with Crippen LogP contribution in [0.5, 0.6) is 0 Å². The molecule has 0 amide bonds. The van der Waals surface area contributed by atoms with Crippen LogP contribution >= 0.6 is 0 Å². The van der Waals surface area contributed by atoms with Gasteiger partial charge in [0.05, 0.1) is 0 Å². The lowest BCUT2D eigenvalue weighted by atomic mass is 10.0. The largest absolute Gasteiger partial charge is 0.338 e. The van der Waals surface area contributed by atoms with Crippen molar-refractivity contribution in [2.24, 2.45) is 0 Å². The number of benzene rings is 2. The first kappa shape index (κ1) is 25.9. The molecule has 1 atom stereocenters. The molecule has 182 valence electrons. The Bertz CT molecular complexity index is 890. The van der Waals surface area contributed by atoms with Crippen LogP contribution in [0.15, 0.2) is 36.4 Å². The number of hydrogen-bond acceptors (Lipinski definition) is 0. The highest BCUT2D eigenvalue weighted by Crippen LogP contribution is 2.34. The van der Waals surface area contributed by atoms with Crippen LogP contribution in [0.2, 0.25) is 0 Å². The number of nitrogens with zero attached hydrogens (tertiary/aromatic N) is 1. The summed E-state index contributed by atoms with van der Waals surface area (Å²) in [4.78, 5) is 0. The van der Waals surface area contributed by atoms with E-state index in [0.29, 0.717) is 6.04 Å². The highest BCUT2D eigenvalue weighted by molar-refractivity contribution is 6.08. The molecule has 0 aliphatic rings. The number of unbranched alkanes of at least 4 members (excludes halogenated alkanes) is 10. The first-order valence-electron chi connectivity index (χ1n) is 14.2. The van der Waals surface area contributed by atoms with Crippen LogP contribution in [-0.4, -0.2) is 4.57 Å². The molecule has 0 saturated carbocycles. The van der Waals surface area contributed by atoms with Crippen molar-refractivity contribution in [3.8, 4) is 0 Å². The van der Waals surface area contributed by atoms with Gasteiger partial charge in [-0.25, -0.2) is 0 Å². The Labute approximate surface area is 204 Å². The molecule has 0 radical (unpaired) electrons. The molecule has 3 rings (SSSR count). The minimum absolute atomic E-state index is 0.527. The van der Waals surface area contributed by atoms with Crippen LogP contribution in [-0.2, 0) is 12.8 Å². The van der Waals surface area contributed by atoms with Gasteiger partial charge in [-0.15, -0.1) is 0 Å². The Balaban J connectivity index is 1.78. The molecular weight excluding hydrogens is 398 g/mol. The Kier molecular flexibility index (Phi) is 10.8. The third-order valence-electron chi connectivity index (χ3n) is 7.60. The first-order valence-corrected chi connectivity index (χ1v) is 14.2. The van der Waals surface area contributed by atoms with Gasteiger partial charge in [0.2, 0.25) is 0 Å². The highest BCUT2D eigenvalue weighted by Gasteiger charge is 2.15. The van der Waals surface area contributed by atoms with Crippen molar-refractivity contribution in [1.82, 2.24) is 4.57 Å². The maximum Gasteiger partial charge on any atom is 0.0494 e. The van der Waals surface area contributed by atoms with Crippen molar-refractivity contribution in [2.75, 3.05) is 0 Å². The van der Waals surface area contributed by atoms with Crippen molar-refractivity contribution in [3.63, 3.8) is 0 Å². The van der Waals surface area contributed by atoms with Crippen LogP contribution in [0, 0.1) is 0 Å². The lowest BCUT2D eigenvalue weighted by molar-refractivity contribution is 0.563. The van der Waals surface area contributed by atoms with E-state index in [1.54, 1.807) is 0 Å². The molecule has 0 spiro atoms. The van der Waals surface area contributed by atoms with Crippen LogP contribution in [0.1, 0.15) is 128 Å². The fourth-order valence-corrected chi connectivity index (χ4v) is 5.34. The van der Waals surface area contributed by atoms with Crippen LogP contribution < -0.4 is 0 Å². The van der Waals surface area contributed by atoms with Gasteiger partial charge in [-0.05, 0) is 74.4 Å². The van der Waals surface area contributed by atoms with Gasteiger partial charge >= 0.3 is 0 Å². The molecule has 1 unspecified atom stereocenters. The first-order chi connectivity index (χ1) is 16.2. The molecule has 0 fully saturated rings. The number of fused-ring (bicyclic) bond motifs is 3. The fraction of sp³-hybridized carbons (Fsp3) is 0.625. The number of rotatable bonds is 16. The second-order valence-electron chi connectivity index (χ2n) is 10.4. The minimum Gasteiger partial charge on any atom is -0.338 e. The zero-order chi connectivity index (χ0) is 23.5. The van der Waals surface area contributed by atoms with Gasteiger partial charge < -0.3 is 4.57 Å². The van der Waals surface area contributed by atoms with Crippen molar-refractivity contribution in [3.05, 3.63) is 47.5 Å². The summed E-state index contributed by atoms with van der Waals surface area (Å²) in [6.07, 6.45) is 20.0. The van der Waals surface area contributed by atoms with Crippen LogP contribution in [0.4, 0.5) is 0 Å². The lowest BCUT2D eigenvalue weighted by Crippen LogP contribution is -2.03. The summed E-state index contributed by atoms with van der Waals surface area (Å²) in [5, 5.41) is 2.94. The quantitative estimate of drug-likeness (QED) is 0.192. The average Bonchev–Trinajstić information content (AvgIpc) is 3.16. The van der Waals surface area contributed by atoms with Gasteiger partial charge in [0.1, 0.15) is 0 Å². The smallest absolute Gasteiger partial charge is 0.0494 e. The number of hydrogen-bond donors (Lipinski definition) is 0. The molecule has 1 aromatic heterocycles. The summed E-state index contributed by atoms with van der Waals surface area (Å²) in [6.45, 7) is 9.27. The van der Waals surface area contributed by atoms with E-state index in [9.17, 15) is 0 Å². The molecule has 1 nitrogen and oxygen atoms in total. The fourth-order valence-electron chi connectivity index (χ4n) is 5.34. The van der Waals surface area contributed by atoms with E-state index in [4.69, 9.17) is 0 Å². The van der Waals surface area contributed by atoms with Gasteiger partial charge in [-0.2, -0.15) is 0 Å². The molecule has 2 aromatic carbocycles. The summed E-state index contributed by atoms with van der Waals surface area (Å²) in [7, 11) is 0. The monoisotopic (exact) mass is 447 g/mol. The Morgan fingerprint density at radius 2 is 1.00 bits per heavy atom. The van der Waals surface area contributed by atoms with Gasteiger partial charge in [0.25, 0.3) is 0 Å². The molecular formula is C32H49N. The maximum absolute atomic E-state index is 2.59. The second kappa shape index (κ2) is 13.8. The van der Waals surface area contributed by atoms with E-state index >= 15 is 0 Å². The molecule has 0 aliphatic heterocycles. The highest BCUT2D eigenvalue weighted by atomic mass is 15.0. The van der Waals surface area contributed by atoms with E-state index in [0.717, 1.165) is 6.42 Å². The summed E-state index contributed by atoms with van der Waals surface area (Å²) in [5.41, 5.74) is 5.87. The topological polar surface area (TPSA) is 4.93 Å². The van der Waals surface area contributed by atoms with E-state index in [2.05, 4.69) is 68.7 Å². The van der Waals surface area contributed by atoms with Crippen molar-refractivity contribution in [1.29, 1.82) is 0 Å². The minimum atomic E-state index is 0.527. The maximum atomic E-state index is 2.59. The lowest BCUT2D eigenvalue weighted by Gasteiger charge is -2.15. The molecule has 1 heteroatoms. The van der Waals surface area contributed by atoms with Crippen molar-refractivity contribution >= 4 is 21.8 Å². The van der Waals surface area contributed by atoms with Gasteiger partial charge in [0, 0.05) is 27.8 Å². The molecule has 0 bridgehead atoms.